The normalized spacial score (nSPS) is 29.1. The highest BCUT2D eigenvalue weighted by Crippen LogP contribution is 2.58. The molecule has 0 unspecified atom stereocenters. The lowest BCUT2D eigenvalue weighted by atomic mass is 9.49. The van der Waals surface area contributed by atoms with Crippen molar-refractivity contribution in [3.05, 3.63) is 28.8 Å². The number of ether oxygens (including phenoxy) is 2. The second kappa shape index (κ2) is 7.57. The first-order valence-corrected chi connectivity index (χ1v) is 14.5. The number of rotatable bonds is 5. The molecule has 0 amide bonds. The smallest absolute Gasteiger partial charge is 0.311 e. The maximum atomic E-state index is 13.4. The van der Waals surface area contributed by atoms with Gasteiger partial charge in [0.05, 0.1) is 19.6 Å². The third-order valence-corrected chi connectivity index (χ3v) is 9.19. The van der Waals surface area contributed by atoms with Crippen molar-refractivity contribution in [3.8, 4) is 5.75 Å². The fourth-order valence-electron chi connectivity index (χ4n) is 5.69. The van der Waals surface area contributed by atoms with Crippen LogP contribution in [0.3, 0.4) is 0 Å². The summed E-state index contributed by atoms with van der Waals surface area (Å²) >= 11 is 0. The molecule has 0 aromatic heterocycles. The SMILES string of the molecule is COC(=O)[C@@]1(C)CCC[C@]2(C)c3cc(OC)cc(CC[Si](C)(C)C)c3C(=O)C[C@@H]12. The Morgan fingerprint density at radius 2 is 1.86 bits per heavy atom. The summed E-state index contributed by atoms with van der Waals surface area (Å²) in [5.74, 6) is 0.752. The van der Waals surface area contributed by atoms with Crippen LogP contribution in [0.2, 0.25) is 25.7 Å². The van der Waals surface area contributed by atoms with Crippen LogP contribution in [-0.4, -0.2) is 34.0 Å². The van der Waals surface area contributed by atoms with Crippen molar-refractivity contribution in [2.24, 2.45) is 11.3 Å². The molecule has 2 aliphatic carbocycles. The Labute approximate surface area is 176 Å². The van der Waals surface area contributed by atoms with Crippen LogP contribution in [0.15, 0.2) is 12.1 Å². The van der Waals surface area contributed by atoms with Gasteiger partial charge in [-0.05, 0) is 60.8 Å². The van der Waals surface area contributed by atoms with E-state index >= 15 is 0 Å². The first-order chi connectivity index (χ1) is 13.5. The van der Waals surface area contributed by atoms with Crippen molar-refractivity contribution in [2.75, 3.05) is 14.2 Å². The first-order valence-electron chi connectivity index (χ1n) is 10.8. The van der Waals surface area contributed by atoms with E-state index in [9.17, 15) is 9.59 Å². The number of Topliss-reactive ketones (excluding diaryl/α,β-unsaturated/α-hetero) is 1. The molecule has 0 aliphatic heterocycles. The lowest BCUT2D eigenvalue weighted by Crippen LogP contribution is -2.54. The molecule has 4 nitrogen and oxygen atoms in total. The minimum atomic E-state index is -1.24. The van der Waals surface area contributed by atoms with Crippen LogP contribution in [-0.2, 0) is 21.4 Å². The van der Waals surface area contributed by atoms with Gasteiger partial charge in [0.25, 0.3) is 0 Å². The number of aryl methyl sites for hydroxylation is 1. The van der Waals surface area contributed by atoms with Crippen LogP contribution in [0, 0.1) is 11.3 Å². The predicted octanol–water partition coefficient (Wildman–Crippen LogP) is 5.40. The van der Waals surface area contributed by atoms with Gasteiger partial charge in [-0.2, -0.15) is 0 Å². The molecule has 1 fully saturated rings. The Morgan fingerprint density at radius 1 is 1.17 bits per heavy atom. The standard InChI is InChI=1S/C24H36O4Si/c1-23-10-8-11-24(2,22(26)28-4)20(23)15-19(25)21-16(9-12-29(5,6)7)13-17(27-3)14-18(21)23/h13-14,20H,8-12,15H2,1-7H3/t20-,23-,24+/m1/s1. The minimum absolute atomic E-state index is 0.0480. The second-order valence-electron chi connectivity index (χ2n) is 10.6. The van der Waals surface area contributed by atoms with Gasteiger partial charge in [-0.3, -0.25) is 9.59 Å². The number of esters is 1. The minimum Gasteiger partial charge on any atom is -0.497 e. The monoisotopic (exact) mass is 416 g/mol. The summed E-state index contributed by atoms with van der Waals surface area (Å²) in [7, 11) is 1.90. The van der Waals surface area contributed by atoms with Crippen molar-refractivity contribution < 1.29 is 19.1 Å². The second-order valence-corrected chi connectivity index (χ2v) is 16.3. The van der Waals surface area contributed by atoms with E-state index in [-0.39, 0.29) is 23.1 Å². The van der Waals surface area contributed by atoms with Crippen molar-refractivity contribution >= 4 is 19.8 Å². The van der Waals surface area contributed by atoms with Gasteiger partial charge in [0.2, 0.25) is 0 Å². The zero-order valence-corrected chi connectivity index (χ0v) is 20.1. The van der Waals surface area contributed by atoms with Crippen molar-refractivity contribution in [1.82, 2.24) is 0 Å². The summed E-state index contributed by atoms with van der Waals surface area (Å²) in [4.78, 5) is 26.2. The number of benzene rings is 1. The van der Waals surface area contributed by atoms with Gasteiger partial charge in [-0.15, -0.1) is 0 Å². The highest BCUT2D eigenvalue weighted by Gasteiger charge is 2.57. The van der Waals surface area contributed by atoms with Crippen molar-refractivity contribution in [1.29, 1.82) is 0 Å². The Morgan fingerprint density at radius 3 is 2.45 bits per heavy atom. The molecule has 1 aromatic rings. The molecule has 0 saturated heterocycles. The van der Waals surface area contributed by atoms with Gasteiger partial charge >= 0.3 is 5.97 Å². The van der Waals surface area contributed by atoms with E-state index in [0.717, 1.165) is 54.2 Å². The van der Waals surface area contributed by atoms with Crippen LogP contribution < -0.4 is 4.74 Å². The number of ketones is 1. The van der Waals surface area contributed by atoms with Gasteiger partial charge in [-0.1, -0.05) is 39.0 Å². The Balaban J connectivity index is 2.15. The van der Waals surface area contributed by atoms with Gasteiger partial charge < -0.3 is 9.47 Å². The Kier molecular flexibility index (Phi) is 5.76. The Bertz CT molecular complexity index is 825. The summed E-state index contributed by atoms with van der Waals surface area (Å²) in [5, 5.41) is 0. The maximum Gasteiger partial charge on any atom is 0.311 e. The van der Waals surface area contributed by atoms with E-state index in [2.05, 4.69) is 38.7 Å². The van der Waals surface area contributed by atoms with Gasteiger partial charge in [0, 0.05) is 20.1 Å². The summed E-state index contributed by atoms with van der Waals surface area (Å²) in [6.07, 6.45) is 4.03. The van der Waals surface area contributed by atoms with Crippen LogP contribution in [0.5, 0.6) is 5.75 Å². The molecule has 0 bridgehead atoms. The summed E-state index contributed by atoms with van der Waals surface area (Å²) in [6.45, 7) is 11.3. The van der Waals surface area contributed by atoms with Gasteiger partial charge in [-0.25, -0.2) is 0 Å². The van der Waals surface area contributed by atoms with E-state index in [1.165, 1.54) is 7.11 Å². The predicted molar refractivity (Wildman–Crippen MR) is 119 cm³/mol. The number of carbonyl (C=O) groups excluding carboxylic acids is 2. The number of methoxy groups -OCH3 is 2. The molecule has 1 saturated carbocycles. The largest absolute Gasteiger partial charge is 0.497 e. The number of hydrogen-bond donors (Lipinski definition) is 0. The third kappa shape index (κ3) is 3.78. The molecule has 3 rings (SSSR count). The lowest BCUT2D eigenvalue weighted by molar-refractivity contribution is -0.160. The van der Waals surface area contributed by atoms with E-state index in [4.69, 9.17) is 9.47 Å². The third-order valence-electron chi connectivity index (χ3n) is 7.44. The summed E-state index contributed by atoms with van der Waals surface area (Å²) < 4.78 is 10.8. The molecular formula is C24H36O4Si. The van der Waals surface area contributed by atoms with E-state index < -0.39 is 13.5 Å². The maximum absolute atomic E-state index is 13.4. The average Bonchev–Trinajstić information content (AvgIpc) is 2.66. The van der Waals surface area contributed by atoms with E-state index in [1.54, 1.807) is 7.11 Å². The Hall–Kier alpha value is -1.62. The van der Waals surface area contributed by atoms with E-state index in [0.29, 0.717) is 6.42 Å². The molecule has 2 aliphatic rings. The average molecular weight is 417 g/mol. The molecule has 0 heterocycles. The molecule has 1 aromatic carbocycles. The van der Waals surface area contributed by atoms with Crippen LogP contribution >= 0.6 is 0 Å². The molecule has 0 radical (unpaired) electrons. The summed E-state index contributed by atoms with van der Waals surface area (Å²) in [5.41, 5.74) is 2.25. The summed E-state index contributed by atoms with van der Waals surface area (Å²) in [6, 6.07) is 5.25. The zero-order valence-electron chi connectivity index (χ0n) is 19.1. The molecule has 160 valence electrons. The molecule has 3 atom stereocenters. The lowest BCUT2D eigenvalue weighted by Gasteiger charge is -2.53. The number of hydrogen-bond acceptors (Lipinski definition) is 4. The quantitative estimate of drug-likeness (QED) is 0.476. The molecule has 0 spiro atoms. The topological polar surface area (TPSA) is 52.6 Å². The van der Waals surface area contributed by atoms with Crippen LogP contribution in [0.1, 0.15) is 61.0 Å². The van der Waals surface area contributed by atoms with Crippen molar-refractivity contribution in [2.45, 2.75) is 77.1 Å². The fourth-order valence-corrected chi connectivity index (χ4v) is 6.71. The molecule has 5 heteroatoms. The number of carbonyl (C=O) groups is 2. The van der Waals surface area contributed by atoms with Crippen molar-refractivity contribution in [3.63, 3.8) is 0 Å². The fraction of sp³-hybridized carbons (Fsp3) is 0.667. The van der Waals surface area contributed by atoms with Crippen LogP contribution in [0.25, 0.3) is 0 Å². The zero-order chi connectivity index (χ0) is 21.6. The molecule has 29 heavy (non-hydrogen) atoms. The van der Waals surface area contributed by atoms with Crippen LogP contribution in [0.4, 0.5) is 0 Å². The highest BCUT2D eigenvalue weighted by molar-refractivity contribution is 6.76. The van der Waals surface area contributed by atoms with E-state index in [1.807, 2.05) is 6.92 Å². The highest BCUT2D eigenvalue weighted by atomic mass is 28.3. The number of fused-ring (bicyclic) bond motifs is 3. The van der Waals surface area contributed by atoms with Gasteiger partial charge in [0.15, 0.2) is 5.78 Å². The molecular weight excluding hydrogens is 380 g/mol. The first kappa shape index (κ1) is 22.1. The van der Waals surface area contributed by atoms with Gasteiger partial charge in [0.1, 0.15) is 5.75 Å². The molecule has 0 N–H and O–H groups in total.